The first-order valence-corrected chi connectivity index (χ1v) is 8.63. The van der Waals surface area contributed by atoms with Crippen molar-refractivity contribution in [3.63, 3.8) is 0 Å². The first-order valence-electron chi connectivity index (χ1n) is 8.63. The summed E-state index contributed by atoms with van der Waals surface area (Å²) in [5.41, 5.74) is 2.60. The van der Waals surface area contributed by atoms with Crippen LogP contribution in [0.4, 0.5) is 0 Å². The molecule has 1 aromatic carbocycles. The molecule has 0 aliphatic carbocycles. The number of rotatable bonds is 3. The van der Waals surface area contributed by atoms with Gasteiger partial charge in [-0.25, -0.2) is 0 Å². The Hall–Kier alpha value is -1.39. The van der Waals surface area contributed by atoms with E-state index in [4.69, 9.17) is 4.74 Å². The second-order valence-electron chi connectivity index (χ2n) is 7.54. The minimum absolute atomic E-state index is 0.0400. The lowest BCUT2D eigenvalue weighted by Crippen LogP contribution is -2.41. The topological polar surface area (TPSA) is 32.8 Å². The summed E-state index contributed by atoms with van der Waals surface area (Å²) in [6.07, 6.45) is 0.621. The minimum Gasteiger partial charge on any atom is -0.379 e. The van der Waals surface area contributed by atoms with Gasteiger partial charge in [0.15, 0.2) is 0 Å². The van der Waals surface area contributed by atoms with Gasteiger partial charge in [-0.1, -0.05) is 29.8 Å². The molecule has 0 unspecified atom stereocenters. The van der Waals surface area contributed by atoms with Crippen LogP contribution in [0.25, 0.3) is 0 Å². The number of likely N-dealkylation sites (tertiary alicyclic amines) is 1. The number of carbonyl (C=O) groups excluding carboxylic acids is 1. The zero-order valence-electron chi connectivity index (χ0n) is 14.5. The number of hydrogen-bond acceptors (Lipinski definition) is 3. The van der Waals surface area contributed by atoms with Crippen LogP contribution in [-0.2, 0) is 16.1 Å². The number of carbonyl (C=O) groups is 1. The van der Waals surface area contributed by atoms with Crippen LogP contribution in [0.15, 0.2) is 24.3 Å². The van der Waals surface area contributed by atoms with Gasteiger partial charge < -0.3 is 9.64 Å². The Morgan fingerprint density at radius 2 is 2.13 bits per heavy atom. The second-order valence-corrected chi connectivity index (χ2v) is 7.54. The first-order chi connectivity index (χ1) is 11.0. The third-order valence-corrected chi connectivity index (χ3v) is 4.98. The molecule has 2 aliphatic rings. The lowest BCUT2D eigenvalue weighted by molar-refractivity contribution is -0.129. The van der Waals surface area contributed by atoms with E-state index in [2.05, 4.69) is 49.9 Å². The van der Waals surface area contributed by atoms with Gasteiger partial charge in [-0.3, -0.25) is 9.69 Å². The maximum absolute atomic E-state index is 12.4. The molecule has 0 aromatic heterocycles. The van der Waals surface area contributed by atoms with Crippen LogP contribution in [0.3, 0.4) is 0 Å². The van der Waals surface area contributed by atoms with E-state index in [1.165, 1.54) is 11.1 Å². The van der Waals surface area contributed by atoms with Crippen LogP contribution in [0.5, 0.6) is 0 Å². The molecule has 4 nitrogen and oxygen atoms in total. The normalized spacial score (nSPS) is 26.3. The Labute approximate surface area is 139 Å². The van der Waals surface area contributed by atoms with Crippen molar-refractivity contribution in [1.29, 1.82) is 0 Å². The van der Waals surface area contributed by atoms with Crippen molar-refractivity contribution in [2.45, 2.75) is 39.8 Å². The first kappa shape index (κ1) is 16.5. The lowest BCUT2D eigenvalue weighted by atomic mass is 9.87. The number of ether oxygens (including phenoxy) is 1. The van der Waals surface area contributed by atoms with E-state index in [1.54, 1.807) is 0 Å². The molecule has 1 amide bonds. The van der Waals surface area contributed by atoms with Gasteiger partial charge in [0.1, 0.15) is 0 Å². The number of aryl methyl sites for hydroxylation is 1. The standard InChI is InChI=1S/C19H28N2O2/c1-15(2)21-13-19(10-18(21)22)12-20(7-8-23-14-19)11-17-6-4-5-16(3)9-17/h4-6,9,15H,7-8,10-14H2,1-3H3/t19-/m1/s1. The van der Waals surface area contributed by atoms with Crippen molar-refractivity contribution in [1.82, 2.24) is 9.80 Å². The molecule has 1 atom stereocenters. The van der Waals surface area contributed by atoms with Crippen LogP contribution in [0.1, 0.15) is 31.4 Å². The molecule has 0 radical (unpaired) electrons. The molecule has 0 N–H and O–H groups in total. The van der Waals surface area contributed by atoms with Crippen LogP contribution in [0, 0.1) is 12.3 Å². The molecule has 1 aromatic rings. The Balaban J connectivity index is 1.73. The Kier molecular flexibility index (Phi) is 4.74. The summed E-state index contributed by atoms with van der Waals surface area (Å²) in [5.74, 6) is 0.279. The average Bonchev–Trinajstić information content (AvgIpc) is 2.68. The van der Waals surface area contributed by atoms with Crippen LogP contribution < -0.4 is 0 Å². The Morgan fingerprint density at radius 3 is 2.83 bits per heavy atom. The highest BCUT2D eigenvalue weighted by atomic mass is 16.5. The van der Waals surface area contributed by atoms with E-state index in [9.17, 15) is 4.79 Å². The molecule has 1 spiro atoms. The quantitative estimate of drug-likeness (QED) is 0.859. The third-order valence-electron chi connectivity index (χ3n) is 4.98. The molecule has 0 bridgehead atoms. The Morgan fingerprint density at radius 1 is 1.30 bits per heavy atom. The Bertz CT molecular complexity index is 572. The third kappa shape index (κ3) is 3.75. The van der Waals surface area contributed by atoms with Gasteiger partial charge in [-0.05, 0) is 26.3 Å². The van der Waals surface area contributed by atoms with E-state index in [0.29, 0.717) is 13.0 Å². The highest BCUT2D eigenvalue weighted by molar-refractivity contribution is 5.79. The predicted molar refractivity (Wildman–Crippen MR) is 91.2 cm³/mol. The molecule has 4 heteroatoms. The van der Waals surface area contributed by atoms with E-state index < -0.39 is 0 Å². The van der Waals surface area contributed by atoms with E-state index in [0.717, 1.165) is 32.8 Å². The molecular weight excluding hydrogens is 288 g/mol. The molecule has 2 heterocycles. The van der Waals surface area contributed by atoms with Gasteiger partial charge >= 0.3 is 0 Å². The predicted octanol–water partition coefficient (Wildman–Crippen LogP) is 2.45. The summed E-state index contributed by atoms with van der Waals surface area (Å²) in [7, 11) is 0. The monoisotopic (exact) mass is 316 g/mol. The number of nitrogens with zero attached hydrogens (tertiary/aromatic N) is 2. The smallest absolute Gasteiger partial charge is 0.223 e. The fraction of sp³-hybridized carbons (Fsp3) is 0.632. The minimum atomic E-state index is -0.0400. The number of hydrogen-bond donors (Lipinski definition) is 0. The molecule has 3 rings (SSSR count). The molecule has 2 fully saturated rings. The van der Waals surface area contributed by atoms with E-state index in [1.807, 2.05) is 4.90 Å². The zero-order chi connectivity index (χ0) is 16.4. The summed E-state index contributed by atoms with van der Waals surface area (Å²) in [6, 6.07) is 8.96. The second kappa shape index (κ2) is 6.62. The van der Waals surface area contributed by atoms with Crippen LogP contribution in [0.2, 0.25) is 0 Å². The van der Waals surface area contributed by atoms with Gasteiger partial charge in [0.2, 0.25) is 5.91 Å². The van der Waals surface area contributed by atoms with Crippen molar-refractivity contribution >= 4 is 5.91 Å². The summed E-state index contributed by atoms with van der Waals surface area (Å²) < 4.78 is 5.88. The summed E-state index contributed by atoms with van der Waals surface area (Å²) in [5, 5.41) is 0. The summed E-state index contributed by atoms with van der Waals surface area (Å²) in [6.45, 7) is 11.4. The molecule has 0 saturated carbocycles. The fourth-order valence-corrected chi connectivity index (χ4v) is 3.89. The van der Waals surface area contributed by atoms with Gasteiger partial charge in [0, 0.05) is 44.1 Å². The molecule has 126 valence electrons. The number of amides is 1. The van der Waals surface area contributed by atoms with Gasteiger partial charge in [-0.2, -0.15) is 0 Å². The van der Waals surface area contributed by atoms with Crippen LogP contribution in [-0.4, -0.2) is 54.6 Å². The fourth-order valence-electron chi connectivity index (χ4n) is 3.89. The van der Waals surface area contributed by atoms with E-state index in [-0.39, 0.29) is 17.4 Å². The maximum Gasteiger partial charge on any atom is 0.223 e. The molecule has 23 heavy (non-hydrogen) atoms. The van der Waals surface area contributed by atoms with Crippen molar-refractivity contribution in [2.75, 3.05) is 32.8 Å². The van der Waals surface area contributed by atoms with Crippen molar-refractivity contribution in [2.24, 2.45) is 5.41 Å². The molecule has 2 aliphatic heterocycles. The molecular formula is C19H28N2O2. The average molecular weight is 316 g/mol. The van der Waals surface area contributed by atoms with Crippen LogP contribution >= 0.6 is 0 Å². The van der Waals surface area contributed by atoms with Gasteiger partial charge in [0.05, 0.1) is 13.2 Å². The lowest BCUT2D eigenvalue weighted by Gasteiger charge is -2.32. The SMILES string of the molecule is Cc1cccc(CN2CCOC[C@]3(CC(=O)N(C(C)C)C3)C2)c1. The van der Waals surface area contributed by atoms with Crippen molar-refractivity contribution in [3.8, 4) is 0 Å². The van der Waals surface area contributed by atoms with Gasteiger partial charge in [-0.15, -0.1) is 0 Å². The highest BCUT2D eigenvalue weighted by Crippen LogP contribution is 2.35. The highest BCUT2D eigenvalue weighted by Gasteiger charge is 2.46. The summed E-state index contributed by atoms with van der Waals surface area (Å²) in [4.78, 5) is 16.8. The van der Waals surface area contributed by atoms with Crippen molar-refractivity contribution < 1.29 is 9.53 Å². The largest absolute Gasteiger partial charge is 0.379 e. The maximum atomic E-state index is 12.4. The van der Waals surface area contributed by atoms with E-state index >= 15 is 0 Å². The molecule has 2 saturated heterocycles. The zero-order valence-corrected chi connectivity index (χ0v) is 14.5. The van der Waals surface area contributed by atoms with Crippen molar-refractivity contribution in [3.05, 3.63) is 35.4 Å². The summed E-state index contributed by atoms with van der Waals surface area (Å²) >= 11 is 0. The number of benzene rings is 1. The van der Waals surface area contributed by atoms with Gasteiger partial charge in [0.25, 0.3) is 0 Å².